The number of fused-ring (bicyclic) bond motifs is 1. The number of pyridine rings is 1. The summed E-state index contributed by atoms with van der Waals surface area (Å²) >= 11 is 3.67. The predicted molar refractivity (Wildman–Crippen MR) is 85.7 cm³/mol. The fraction of sp³-hybridized carbons (Fsp3) is 0.400. The summed E-state index contributed by atoms with van der Waals surface area (Å²) in [4.78, 5) is 9.31. The lowest BCUT2D eigenvalue weighted by Gasteiger charge is -2.34. The van der Waals surface area contributed by atoms with E-state index in [4.69, 9.17) is 4.74 Å². The molecule has 0 radical (unpaired) electrons. The quantitative estimate of drug-likeness (QED) is 0.843. The van der Waals surface area contributed by atoms with Crippen molar-refractivity contribution in [2.75, 3.05) is 45.2 Å². The van der Waals surface area contributed by atoms with Gasteiger partial charge in [0.15, 0.2) is 0 Å². The van der Waals surface area contributed by atoms with E-state index in [1.165, 1.54) is 5.39 Å². The third kappa shape index (κ3) is 2.36. The van der Waals surface area contributed by atoms with Crippen molar-refractivity contribution in [2.24, 2.45) is 0 Å². The van der Waals surface area contributed by atoms with Crippen molar-refractivity contribution in [3.63, 3.8) is 0 Å². The maximum Gasteiger partial charge on any atom is 0.137 e. The molecule has 1 aliphatic rings. The molecule has 5 heteroatoms. The van der Waals surface area contributed by atoms with E-state index in [1.54, 1.807) is 7.11 Å². The first-order chi connectivity index (χ1) is 9.70. The van der Waals surface area contributed by atoms with Gasteiger partial charge in [-0.2, -0.15) is 0 Å². The van der Waals surface area contributed by atoms with Crippen LogP contribution in [0, 0.1) is 0 Å². The Kier molecular flexibility index (Phi) is 3.81. The largest absolute Gasteiger partial charge is 0.496 e. The summed E-state index contributed by atoms with van der Waals surface area (Å²) in [6.45, 7) is 4.15. The minimum absolute atomic E-state index is 0.848. The topological polar surface area (TPSA) is 28.6 Å². The Labute approximate surface area is 127 Å². The van der Waals surface area contributed by atoms with Gasteiger partial charge < -0.3 is 14.5 Å². The summed E-state index contributed by atoms with van der Waals surface area (Å²) in [5, 5.41) is 2.32. The van der Waals surface area contributed by atoms with Crippen molar-refractivity contribution in [1.29, 1.82) is 0 Å². The number of halogens is 1. The van der Waals surface area contributed by atoms with Crippen molar-refractivity contribution in [3.8, 4) is 5.75 Å². The molecular formula is C15H18BrN3O. The third-order valence-electron chi connectivity index (χ3n) is 3.84. The van der Waals surface area contributed by atoms with Crippen LogP contribution in [0.3, 0.4) is 0 Å². The fourth-order valence-electron chi connectivity index (χ4n) is 2.61. The van der Waals surface area contributed by atoms with Crippen LogP contribution in [0.4, 0.5) is 5.82 Å². The molecule has 1 aromatic carbocycles. The highest BCUT2D eigenvalue weighted by molar-refractivity contribution is 9.10. The Hall–Kier alpha value is -1.33. The molecule has 0 N–H and O–H groups in total. The van der Waals surface area contributed by atoms with E-state index in [1.807, 2.05) is 18.3 Å². The number of nitrogens with zero attached hydrogens (tertiary/aromatic N) is 3. The minimum atomic E-state index is 0.848. The van der Waals surface area contributed by atoms with Gasteiger partial charge in [-0.1, -0.05) is 6.07 Å². The van der Waals surface area contributed by atoms with Crippen molar-refractivity contribution in [1.82, 2.24) is 9.88 Å². The number of rotatable bonds is 2. The van der Waals surface area contributed by atoms with E-state index in [2.05, 4.69) is 43.8 Å². The number of likely N-dealkylation sites (N-methyl/N-ethyl adjacent to an activating group) is 1. The van der Waals surface area contributed by atoms with Gasteiger partial charge in [0, 0.05) is 37.8 Å². The van der Waals surface area contributed by atoms with Gasteiger partial charge in [0.25, 0.3) is 0 Å². The monoisotopic (exact) mass is 335 g/mol. The SMILES string of the molecule is COc1ccc2ccnc(N3CCN(C)CC3)c2c1Br. The smallest absolute Gasteiger partial charge is 0.137 e. The molecule has 0 bridgehead atoms. The number of aromatic nitrogens is 1. The number of hydrogen-bond donors (Lipinski definition) is 0. The van der Waals surface area contributed by atoms with Crippen LogP contribution in [-0.4, -0.2) is 50.2 Å². The zero-order chi connectivity index (χ0) is 14.1. The van der Waals surface area contributed by atoms with Crippen LogP contribution >= 0.6 is 15.9 Å². The molecule has 0 atom stereocenters. The molecule has 1 aliphatic heterocycles. The highest BCUT2D eigenvalue weighted by Crippen LogP contribution is 2.37. The average Bonchev–Trinajstić information content (AvgIpc) is 2.48. The van der Waals surface area contributed by atoms with Gasteiger partial charge in [0.05, 0.1) is 11.6 Å². The fourth-order valence-corrected chi connectivity index (χ4v) is 3.31. The van der Waals surface area contributed by atoms with Gasteiger partial charge in [-0.25, -0.2) is 4.98 Å². The molecule has 4 nitrogen and oxygen atoms in total. The molecule has 2 heterocycles. The molecule has 0 saturated carbocycles. The number of benzene rings is 1. The van der Waals surface area contributed by atoms with Crippen LogP contribution in [0.15, 0.2) is 28.9 Å². The summed E-state index contributed by atoms with van der Waals surface area (Å²) in [6.07, 6.45) is 1.88. The van der Waals surface area contributed by atoms with E-state index in [9.17, 15) is 0 Å². The highest BCUT2D eigenvalue weighted by Gasteiger charge is 2.19. The molecule has 0 spiro atoms. The van der Waals surface area contributed by atoms with E-state index in [0.29, 0.717) is 0 Å². The van der Waals surface area contributed by atoms with Crippen LogP contribution in [0.25, 0.3) is 10.8 Å². The first-order valence-electron chi connectivity index (χ1n) is 6.75. The second-order valence-electron chi connectivity index (χ2n) is 5.10. The standard InChI is InChI=1S/C15H18BrN3O/c1-18-7-9-19(10-8-18)15-13-11(5-6-17-15)3-4-12(20-2)14(13)16/h3-6H,7-10H2,1-2H3. The summed E-state index contributed by atoms with van der Waals surface area (Å²) < 4.78 is 6.40. The zero-order valence-electron chi connectivity index (χ0n) is 11.8. The molecule has 0 aliphatic carbocycles. The lowest BCUT2D eigenvalue weighted by Crippen LogP contribution is -2.44. The van der Waals surface area contributed by atoms with Crippen LogP contribution in [0.2, 0.25) is 0 Å². The first kappa shape index (κ1) is 13.6. The van der Waals surface area contributed by atoms with E-state index < -0.39 is 0 Å². The number of piperazine rings is 1. The molecule has 1 aromatic heterocycles. The van der Waals surface area contributed by atoms with Crippen LogP contribution in [0.1, 0.15) is 0 Å². The Bertz CT molecular complexity index is 624. The molecular weight excluding hydrogens is 318 g/mol. The van der Waals surface area contributed by atoms with Crippen LogP contribution < -0.4 is 9.64 Å². The molecule has 0 amide bonds. The Morgan fingerprint density at radius 3 is 2.60 bits per heavy atom. The molecule has 0 unspecified atom stereocenters. The van der Waals surface area contributed by atoms with Crippen molar-refractivity contribution < 1.29 is 4.74 Å². The van der Waals surface area contributed by atoms with Gasteiger partial charge in [-0.3, -0.25) is 0 Å². The van der Waals surface area contributed by atoms with E-state index >= 15 is 0 Å². The van der Waals surface area contributed by atoms with E-state index in [-0.39, 0.29) is 0 Å². The van der Waals surface area contributed by atoms with Crippen LogP contribution in [0.5, 0.6) is 5.75 Å². The summed E-state index contributed by atoms with van der Waals surface area (Å²) in [7, 11) is 3.85. The normalized spacial score (nSPS) is 16.6. The van der Waals surface area contributed by atoms with Crippen molar-refractivity contribution in [2.45, 2.75) is 0 Å². The Morgan fingerprint density at radius 1 is 1.15 bits per heavy atom. The molecule has 1 fully saturated rings. The molecule has 1 saturated heterocycles. The summed E-state index contributed by atoms with van der Waals surface area (Å²) in [5.74, 6) is 1.89. The van der Waals surface area contributed by atoms with Gasteiger partial charge in [0.1, 0.15) is 11.6 Å². The first-order valence-corrected chi connectivity index (χ1v) is 7.54. The highest BCUT2D eigenvalue weighted by atomic mass is 79.9. The van der Waals surface area contributed by atoms with Crippen LogP contribution in [-0.2, 0) is 0 Å². The Balaban J connectivity index is 2.10. The molecule has 106 valence electrons. The molecule has 3 rings (SSSR count). The maximum absolute atomic E-state index is 5.41. The van der Waals surface area contributed by atoms with Gasteiger partial charge in [-0.15, -0.1) is 0 Å². The molecule has 20 heavy (non-hydrogen) atoms. The number of anilines is 1. The average molecular weight is 336 g/mol. The Morgan fingerprint density at radius 2 is 1.90 bits per heavy atom. The number of hydrogen-bond acceptors (Lipinski definition) is 4. The number of methoxy groups -OCH3 is 1. The summed E-state index contributed by atoms with van der Waals surface area (Å²) in [5.41, 5.74) is 0. The minimum Gasteiger partial charge on any atom is -0.496 e. The molecule has 2 aromatic rings. The van der Waals surface area contributed by atoms with Gasteiger partial charge in [0.2, 0.25) is 0 Å². The van der Waals surface area contributed by atoms with Gasteiger partial charge in [-0.05, 0) is 40.5 Å². The predicted octanol–water partition coefficient (Wildman–Crippen LogP) is 2.76. The van der Waals surface area contributed by atoms with Gasteiger partial charge >= 0.3 is 0 Å². The van der Waals surface area contributed by atoms with Crippen molar-refractivity contribution >= 4 is 32.5 Å². The van der Waals surface area contributed by atoms with Crippen molar-refractivity contribution in [3.05, 3.63) is 28.9 Å². The van der Waals surface area contributed by atoms with E-state index in [0.717, 1.165) is 47.6 Å². The lowest BCUT2D eigenvalue weighted by atomic mass is 10.1. The maximum atomic E-state index is 5.41. The zero-order valence-corrected chi connectivity index (χ0v) is 13.4. The second-order valence-corrected chi connectivity index (χ2v) is 5.90. The summed E-state index contributed by atoms with van der Waals surface area (Å²) in [6, 6.07) is 6.11. The lowest BCUT2D eigenvalue weighted by molar-refractivity contribution is 0.312. The second kappa shape index (κ2) is 5.58. The number of ether oxygens (including phenoxy) is 1. The third-order valence-corrected chi connectivity index (χ3v) is 4.62.